The molecule has 8 aromatic carbocycles. The van der Waals surface area contributed by atoms with Gasteiger partial charge in [0.1, 0.15) is 0 Å². The Morgan fingerprint density at radius 3 is 1.62 bits per heavy atom. The first-order chi connectivity index (χ1) is 27.3. The highest BCUT2D eigenvalue weighted by atomic mass is 32.1. The maximum atomic E-state index is 2.53. The number of fused-ring (bicyclic) bond motifs is 9. The fourth-order valence-corrected chi connectivity index (χ4v) is 11.1. The molecule has 268 valence electrons. The highest BCUT2D eigenvalue weighted by molar-refractivity contribution is 7.25. The number of hydrogen-bond acceptors (Lipinski definition) is 2. The summed E-state index contributed by atoms with van der Waals surface area (Å²) < 4.78 is 2.65. The molecule has 0 saturated carbocycles. The van der Waals surface area contributed by atoms with E-state index in [-0.39, 0.29) is 10.8 Å². The van der Waals surface area contributed by atoms with E-state index in [1.807, 2.05) is 11.3 Å². The largest absolute Gasteiger partial charge is 0.309 e. The molecule has 11 rings (SSSR count). The average Bonchev–Trinajstić information content (AvgIpc) is 3.82. The Balaban J connectivity index is 1.15. The third kappa shape index (κ3) is 4.66. The third-order valence-corrected chi connectivity index (χ3v) is 13.8. The second-order valence-corrected chi connectivity index (χ2v) is 17.5. The summed E-state index contributed by atoms with van der Waals surface area (Å²) in [4.78, 5) is 2.53. The highest BCUT2D eigenvalue weighted by Crippen LogP contribution is 2.57. The first-order valence-electron chi connectivity index (χ1n) is 19.7. The van der Waals surface area contributed by atoms with Crippen molar-refractivity contribution in [1.29, 1.82) is 0 Å². The van der Waals surface area contributed by atoms with Gasteiger partial charge in [-0.3, -0.25) is 0 Å². The van der Waals surface area contributed by atoms with Crippen molar-refractivity contribution in [3.63, 3.8) is 0 Å². The van der Waals surface area contributed by atoms with Gasteiger partial charge in [0.2, 0.25) is 0 Å². The molecule has 0 saturated heterocycles. The summed E-state index contributed by atoms with van der Waals surface area (Å²) in [6.07, 6.45) is 0. The summed E-state index contributed by atoms with van der Waals surface area (Å²) >= 11 is 1.87. The lowest BCUT2D eigenvalue weighted by molar-refractivity contribution is 0.660. The lowest BCUT2D eigenvalue weighted by Gasteiger charge is -2.31. The second-order valence-electron chi connectivity index (χ2n) is 16.4. The van der Waals surface area contributed by atoms with Crippen LogP contribution < -0.4 is 4.90 Å². The number of benzene rings is 8. The molecular formula is C54H41NS. The number of hydrogen-bond donors (Lipinski definition) is 0. The van der Waals surface area contributed by atoms with Gasteiger partial charge in [0.25, 0.3) is 0 Å². The first kappa shape index (κ1) is 33.1. The van der Waals surface area contributed by atoms with Crippen LogP contribution in [0.3, 0.4) is 0 Å². The molecule has 2 heteroatoms. The summed E-state index contributed by atoms with van der Waals surface area (Å²) in [6, 6.07) is 65.7. The molecule has 0 spiro atoms. The Morgan fingerprint density at radius 1 is 0.375 bits per heavy atom. The molecule has 0 bridgehead atoms. The fourth-order valence-electron chi connectivity index (χ4n) is 10.0. The predicted molar refractivity (Wildman–Crippen MR) is 240 cm³/mol. The quantitative estimate of drug-likeness (QED) is 0.170. The average molecular weight is 736 g/mol. The molecule has 0 N–H and O–H groups in total. The number of thiophene rings is 1. The number of nitrogens with zero attached hydrogens (tertiary/aromatic N) is 1. The van der Waals surface area contributed by atoms with Crippen LogP contribution in [-0.4, -0.2) is 0 Å². The second kappa shape index (κ2) is 12.1. The zero-order valence-electron chi connectivity index (χ0n) is 32.1. The molecule has 1 heterocycles. The minimum absolute atomic E-state index is 0.0847. The van der Waals surface area contributed by atoms with Crippen molar-refractivity contribution in [2.75, 3.05) is 4.90 Å². The number of anilines is 3. The SMILES string of the molecule is CC1(C)c2ccccc2-c2c(-c3ccccc3N(c3ccc(-c4cccc5sc6ccccc6c45)cc3)c3cccc4c3-c3ccccc3C4(C)C)cccc21. The van der Waals surface area contributed by atoms with Gasteiger partial charge in [0, 0.05) is 47.8 Å². The Labute approximate surface area is 333 Å². The van der Waals surface area contributed by atoms with E-state index in [0.29, 0.717) is 0 Å². The summed E-state index contributed by atoms with van der Waals surface area (Å²) in [7, 11) is 0. The topological polar surface area (TPSA) is 3.24 Å². The van der Waals surface area contributed by atoms with E-state index in [9.17, 15) is 0 Å². The fraction of sp³-hybridized carbons (Fsp3) is 0.111. The van der Waals surface area contributed by atoms with Gasteiger partial charge in [-0.1, -0.05) is 167 Å². The molecular weight excluding hydrogens is 695 g/mol. The zero-order valence-corrected chi connectivity index (χ0v) is 32.9. The zero-order chi connectivity index (χ0) is 37.8. The summed E-state index contributed by atoms with van der Waals surface area (Å²) in [5.74, 6) is 0. The van der Waals surface area contributed by atoms with E-state index in [1.54, 1.807) is 0 Å². The Morgan fingerprint density at radius 2 is 0.875 bits per heavy atom. The van der Waals surface area contributed by atoms with Gasteiger partial charge in [0.15, 0.2) is 0 Å². The van der Waals surface area contributed by atoms with Gasteiger partial charge in [-0.15, -0.1) is 11.3 Å². The Hall–Kier alpha value is -6.22. The monoisotopic (exact) mass is 735 g/mol. The maximum absolute atomic E-state index is 2.53. The van der Waals surface area contributed by atoms with Crippen LogP contribution in [0.4, 0.5) is 17.1 Å². The summed E-state index contributed by atoms with van der Waals surface area (Å²) in [6.45, 7) is 9.48. The highest BCUT2D eigenvalue weighted by Gasteiger charge is 2.39. The van der Waals surface area contributed by atoms with Crippen LogP contribution in [0.5, 0.6) is 0 Å². The van der Waals surface area contributed by atoms with Crippen LogP contribution in [0.2, 0.25) is 0 Å². The van der Waals surface area contributed by atoms with E-state index in [4.69, 9.17) is 0 Å². The van der Waals surface area contributed by atoms with Gasteiger partial charge < -0.3 is 4.90 Å². The minimum Gasteiger partial charge on any atom is -0.309 e. The maximum Gasteiger partial charge on any atom is 0.0543 e. The number of para-hydroxylation sites is 1. The summed E-state index contributed by atoms with van der Waals surface area (Å²) in [5.41, 5.74) is 19.1. The van der Waals surface area contributed by atoms with Crippen molar-refractivity contribution in [3.05, 3.63) is 198 Å². The molecule has 0 amide bonds. The van der Waals surface area contributed by atoms with Crippen molar-refractivity contribution < 1.29 is 0 Å². The normalized spacial score (nSPS) is 14.4. The predicted octanol–water partition coefficient (Wildman–Crippen LogP) is 15.5. The van der Waals surface area contributed by atoms with Gasteiger partial charge in [-0.25, -0.2) is 0 Å². The van der Waals surface area contributed by atoms with Crippen LogP contribution in [0.15, 0.2) is 176 Å². The van der Waals surface area contributed by atoms with Crippen molar-refractivity contribution >= 4 is 48.6 Å². The Kier molecular flexibility index (Phi) is 7.18. The molecule has 1 nitrogen and oxygen atoms in total. The molecule has 56 heavy (non-hydrogen) atoms. The van der Waals surface area contributed by atoms with E-state index < -0.39 is 0 Å². The molecule has 0 aliphatic heterocycles. The molecule has 1 aromatic heterocycles. The van der Waals surface area contributed by atoms with E-state index in [1.165, 1.54) is 92.6 Å². The molecule has 0 fully saturated rings. The molecule has 2 aliphatic carbocycles. The van der Waals surface area contributed by atoms with Crippen molar-refractivity contribution in [1.82, 2.24) is 0 Å². The van der Waals surface area contributed by atoms with Gasteiger partial charge in [0.05, 0.1) is 11.4 Å². The van der Waals surface area contributed by atoms with Gasteiger partial charge in [-0.2, -0.15) is 0 Å². The standard InChI is InChI=1S/C54H41NS/c1-53(2)42-22-9-5-17-39(42)50-38(21-13-24-44(50)53)37-16-7-11-26-46(37)55(47-27-15-25-45-52(47)40-18-6-10-23-43(40)54(45,3)4)35-32-30-34(31-33-35)36-20-14-29-49-51(36)41-19-8-12-28-48(41)56-49/h5-33H,1-4H3. The summed E-state index contributed by atoms with van der Waals surface area (Å²) in [5, 5.41) is 2.66. The molecule has 0 atom stereocenters. The smallest absolute Gasteiger partial charge is 0.0543 e. The van der Waals surface area contributed by atoms with Crippen LogP contribution in [0.25, 0.3) is 64.7 Å². The van der Waals surface area contributed by atoms with Crippen molar-refractivity contribution in [2.24, 2.45) is 0 Å². The van der Waals surface area contributed by atoms with Crippen LogP contribution >= 0.6 is 11.3 Å². The number of rotatable bonds is 5. The van der Waals surface area contributed by atoms with Crippen molar-refractivity contribution in [3.8, 4) is 44.5 Å². The molecule has 0 radical (unpaired) electrons. The van der Waals surface area contributed by atoms with Crippen LogP contribution in [-0.2, 0) is 10.8 Å². The molecule has 2 aliphatic rings. The van der Waals surface area contributed by atoms with E-state index in [0.717, 1.165) is 11.4 Å². The molecule has 0 unspecified atom stereocenters. The lowest BCUT2D eigenvalue weighted by atomic mass is 9.82. The van der Waals surface area contributed by atoms with Crippen LogP contribution in [0.1, 0.15) is 49.9 Å². The first-order valence-corrected chi connectivity index (χ1v) is 20.5. The van der Waals surface area contributed by atoms with Crippen molar-refractivity contribution in [2.45, 2.75) is 38.5 Å². The van der Waals surface area contributed by atoms with E-state index in [2.05, 4.69) is 209 Å². The van der Waals surface area contributed by atoms with Gasteiger partial charge >= 0.3 is 0 Å². The third-order valence-electron chi connectivity index (χ3n) is 12.7. The van der Waals surface area contributed by atoms with E-state index >= 15 is 0 Å². The Bertz CT molecular complexity index is 3030. The lowest BCUT2D eigenvalue weighted by Crippen LogP contribution is -2.16. The van der Waals surface area contributed by atoms with Gasteiger partial charge in [-0.05, 0) is 92.0 Å². The van der Waals surface area contributed by atoms with Crippen LogP contribution in [0, 0.1) is 0 Å². The molecule has 9 aromatic rings. The minimum atomic E-state index is -0.117.